The van der Waals surface area contributed by atoms with Gasteiger partial charge < -0.3 is 10.6 Å². The van der Waals surface area contributed by atoms with Gasteiger partial charge in [0.15, 0.2) is 0 Å². The lowest BCUT2D eigenvalue weighted by molar-refractivity contribution is 0.0922. The van der Waals surface area contributed by atoms with E-state index in [2.05, 4.69) is 24.5 Å². The first kappa shape index (κ1) is 14.1. The number of hydrogen-bond donors (Lipinski definition) is 2. The molecule has 0 atom stereocenters. The minimum Gasteiger partial charge on any atom is -0.351 e. The quantitative estimate of drug-likeness (QED) is 0.876. The van der Waals surface area contributed by atoms with Gasteiger partial charge in [-0.25, -0.2) is 0 Å². The Balaban J connectivity index is 1.95. The lowest BCUT2D eigenvalue weighted by Gasteiger charge is -2.34. The van der Waals surface area contributed by atoms with Crippen LogP contribution in [0, 0.1) is 19.3 Å². The van der Waals surface area contributed by atoms with Crippen LogP contribution in [0.5, 0.6) is 0 Å². The Kier molecular flexibility index (Phi) is 4.25. The van der Waals surface area contributed by atoms with Gasteiger partial charge in [-0.15, -0.1) is 0 Å². The van der Waals surface area contributed by atoms with Gasteiger partial charge in [0.2, 0.25) is 0 Å². The summed E-state index contributed by atoms with van der Waals surface area (Å²) in [7, 11) is 0. The number of carbonyl (C=O) groups excluding carboxylic acids is 1. The highest BCUT2D eigenvalue weighted by Gasteiger charge is 2.27. The summed E-state index contributed by atoms with van der Waals surface area (Å²) in [5.74, 6) is 0.0443. The molecule has 3 nitrogen and oxygen atoms in total. The number of rotatable bonds is 3. The van der Waals surface area contributed by atoms with Gasteiger partial charge in [0.25, 0.3) is 5.91 Å². The van der Waals surface area contributed by atoms with Crippen molar-refractivity contribution >= 4 is 5.91 Å². The lowest BCUT2D eigenvalue weighted by atomic mass is 9.81. The highest BCUT2D eigenvalue weighted by atomic mass is 16.1. The maximum absolute atomic E-state index is 12.2. The van der Waals surface area contributed by atoms with Crippen LogP contribution >= 0.6 is 0 Å². The molecular weight excluding hydrogens is 236 g/mol. The first-order valence-electron chi connectivity index (χ1n) is 7.06. The fraction of sp³-hybridized carbons (Fsp3) is 0.562. The minimum atomic E-state index is 0.0443. The van der Waals surface area contributed by atoms with E-state index < -0.39 is 0 Å². The molecule has 2 N–H and O–H groups in total. The number of nitrogens with one attached hydrogen (secondary N) is 2. The Hall–Kier alpha value is -1.35. The molecule has 0 spiro atoms. The molecule has 1 amide bonds. The molecule has 1 fully saturated rings. The molecule has 1 aromatic rings. The Bertz CT molecular complexity index is 462. The van der Waals surface area contributed by atoms with Crippen molar-refractivity contribution in [2.45, 2.75) is 33.6 Å². The molecule has 19 heavy (non-hydrogen) atoms. The summed E-state index contributed by atoms with van der Waals surface area (Å²) in [6, 6.07) is 5.88. The second kappa shape index (κ2) is 5.74. The van der Waals surface area contributed by atoms with E-state index in [1.54, 1.807) is 0 Å². The molecule has 0 aliphatic carbocycles. The third-order valence-electron chi connectivity index (χ3n) is 4.26. The summed E-state index contributed by atoms with van der Waals surface area (Å²) in [4.78, 5) is 12.2. The molecule has 1 aliphatic heterocycles. The Morgan fingerprint density at radius 2 is 1.95 bits per heavy atom. The van der Waals surface area contributed by atoms with Crippen molar-refractivity contribution < 1.29 is 4.79 Å². The summed E-state index contributed by atoms with van der Waals surface area (Å²) in [6.07, 6.45) is 2.25. The number of amides is 1. The summed E-state index contributed by atoms with van der Waals surface area (Å²) in [5.41, 5.74) is 3.39. The van der Waals surface area contributed by atoms with Gasteiger partial charge in [-0.05, 0) is 68.5 Å². The highest BCUT2D eigenvalue weighted by Crippen LogP contribution is 2.26. The van der Waals surface area contributed by atoms with Gasteiger partial charge in [-0.2, -0.15) is 0 Å². The first-order chi connectivity index (χ1) is 9.00. The predicted octanol–water partition coefficient (Wildman–Crippen LogP) is 2.42. The minimum absolute atomic E-state index is 0.0443. The lowest BCUT2D eigenvalue weighted by Crippen LogP contribution is -2.42. The number of aryl methyl sites for hydroxylation is 2. The van der Waals surface area contributed by atoms with Gasteiger partial charge in [0, 0.05) is 12.1 Å². The maximum Gasteiger partial charge on any atom is 0.251 e. The summed E-state index contributed by atoms with van der Waals surface area (Å²) in [5, 5.41) is 6.45. The van der Waals surface area contributed by atoms with Crippen molar-refractivity contribution in [1.29, 1.82) is 0 Å². The maximum atomic E-state index is 12.2. The van der Waals surface area contributed by atoms with E-state index in [0.29, 0.717) is 0 Å². The molecule has 0 bridgehead atoms. The van der Waals surface area contributed by atoms with Gasteiger partial charge in [-0.1, -0.05) is 13.0 Å². The summed E-state index contributed by atoms with van der Waals surface area (Å²) < 4.78 is 0. The zero-order valence-electron chi connectivity index (χ0n) is 12.2. The van der Waals surface area contributed by atoms with Crippen molar-refractivity contribution in [3.63, 3.8) is 0 Å². The van der Waals surface area contributed by atoms with E-state index in [1.807, 2.05) is 25.1 Å². The fourth-order valence-corrected chi connectivity index (χ4v) is 2.49. The average molecular weight is 260 g/mol. The van der Waals surface area contributed by atoms with E-state index in [1.165, 1.54) is 11.1 Å². The molecule has 104 valence electrons. The monoisotopic (exact) mass is 260 g/mol. The number of benzene rings is 1. The molecule has 2 rings (SSSR count). The summed E-state index contributed by atoms with van der Waals surface area (Å²) >= 11 is 0. The Morgan fingerprint density at radius 1 is 1.26 bits per heavy atom. The highest BCUT2D eigenvalue weighted by molar-refractivity contribution is 5.94. The van der Waals surface area contributed by atoms with E-state index in [4.69, 9.17) is 0 Å². The van der Waals surface area contributed by atoms with Gasteiger partial charge in [0.05, 0.1) is 0 Å². The largest absolute Gasteiger partial charge is 0.351 e. The third-order valence-corrected chi connectivity index (χ3v) is 4.26. The van der Waals surface area contributed by atoms with Crippen LogP contribution in [0.25, 0.3) is 0 Å². The smallest absolute Gasteiger partial charge is 0.251 e. The van der Waals surface area contributed by atoms with Crippen LogP contribution in [0.1, 0.15) is 41.3 Å². The SMILES string of the molecule is Cc1ccc(C(=O)NCC2(C)CCNCC2)cc1C. The predicted molar refractivity (Wildman–Crippen MR) is 78.5 cm³/mol. The van der Waals surface area contributed by atoms with Crippen molar-refractivity contribution in [2.24, 2.45) is 5.41 Å². The number of piperidine rings is 1. The van der Waals surface area contributed by atoms with Gasteiger partial charge in [0.1, 0.15) is 0 Å². The molecule has 1 aromatic carbocycles. The number of hydrogen-bond acceptors (Lipinski definition) is 2. The molecule has 0 aromatic heterocycles. The van der Waals surface area contributed by atoms with E-state index in [9.17, 15) is 4.79 Å². The molecule has 0 unspecified atom stereocenters. The molecule has 3 heteroatoms. The molecule has 1 aliphatic rings. The van der Waals surface area contributed by atoms with Crippen molar-refractivity contribution in [3.8, 4) is 0 Å². The topological polar surface area (TPSA) is 41.1 Å². The van der Waals surface area contributed by atoms with Crippen LogP contribution in [0.4, 0.5) is 0 Å². The third kappa shape index (κ3) is 3.57. The number of carbonyl (C=O) groups is 1. The second-order valence-corrected chi connectivity index (χ2v) is 6.04. The average Bonchev–Trinajstić information content (AvgIpc) is 2.40. The first-order valence-corrected chi connectivity index (χ1v) is 7.06. The van der Waals surface area contributed by atoms with Crippen molar-refractivity contribution in [3.05, 3.63) is 34.9 Å². The zero-order chi connectivity index (χ0) is 13.9. The molecule has 0 saturated carbocycles. The molecule has 0 radical (unpaired) electrons. The van der Waals surface area contributed by atoms with E-state index in [-0.39, 0.29) is 11.3 Å². The van der Waals surface area contributed by atoms with Crippen LogP contribution in [0.15, 0.2) is 18.2 Å². The van der Waals surface area contributed by atoms with Gasteiger partial charge in [-0.3, -0.25) is 4.79 Å². The standard InChI is InChI=1S/C16H24N2O/c1-12-4-5-14(10-13(12)2)15(19)18-11-16(3)6-8-17-9-7-16/h4-5,10,17H,6-9,11H2,1-3H3,(H,18,19). The van der Waals surface area contributed by atoms with Crippen molar-refractivity contribution in [2.75, 3.05) is 19.6 Å². The zero-order valence-corrected chi connectivity index (χ0v) is 12.2. The normalized spacial score (nSPS) is 18.1. The van der Waals surface area contributed by atoms with Gasteiger partial charge >= 0.3 is 0 Å². The van der Waals surface area contributed by atoms with Crippen LogP contribution in [-0.4, -0.2) is 25.5 Å². The van der Waals surface area contributed by atoms with E-state index in [0.717, 1.165) is 38.0 Å². The van der Waals surface area contributed by atoms with E-state index >= 15 is 0 Å². The van der Waals surface area contributed by atoms with Crippen molar-refractivity contribution in [1.82, 2.24) is 10.6 Å². The second-order valence-electron chi connectivity index (χ2n) is 6.04. The summed E-state index contributed by atoms with van der Waals surface area (Å²) in [6.45, 7) is 9.23. The fourth-order valence-electron chi connectivity index (χ4n) is 2.49. The Labute approximate surface area is 115 Å². The van der Waals surface area contributed by atoms with Crippen LogP contribution in [0.3, 0.4) is 0 Å². The van der Waals surface area contributed by atoms with Crippen LogP contribution in [-0.2, 0) is 0 Å². The Morgan fingerprint density at radius 3 is 2.58 bits per heavy atom. The van der Waals surface area contributed by atoms with Crippen LogP contribution in [0.2, 0.25) is 0 Å². The molecule has 1 saturated heterocycles. The molecular formula is C16H24N2O. The molecule has 1 heterocycles. The van der Waals surface area contributed by atoms with Crippen LogP contribution < -0.4 is 10.6 Å².